The molecule has 0 aliphatic heterocycles. The summed E-state index contributed by atoms with van der Waals surface area (Å²) in [7, 11) is 0. The first-order chi connectivity index (χ1) is 13.4. The van der Waals surface area contributed by atoms with Gasteiger partial charge in [-0.05, 0) is 30.0 Å². The molecule has 2 unspecified atom stereocenters. The van der Waals surface area contributed by atoms with Crippen molar-refractivity contribution in [3.05, 3.63) is 76.8 Å². The highest BCUT2D eigenvalue weighted by Gasteiger charge is 2.44. The molecule has 0 saturated heterocycles. The second-order valence-electron chi connectivity index (χ2n) is 6.80. The molecule has 1 N–H and O–H groups in total. The van der Waals surface area contributed by atoms with E-state index in [1.54, 1.807) is 0 Å². The highest BCUT2D eigenvalue weighted by atomic mass is 32.1. The molecule has 2 aromatic carbocycles. The third kappa shape index (κ3) is 4.09. The summed E-state index contributed by atoms with van der Waals surface area (Å²) in [6.45, 7) is 0.346. The zero-order valence-corrected chi connectivity index (χ0v) is 15.6. The molecule has 0 bridgehead atoms. The number of nitrogens with zero attached hydrogens (tertiary/aromatic N) is 1. The molecule has 4 rings (SSSR count). The van der Waals surface area contributed by atoms with Crippen LogP contribution in [0.4, 0.5) is 13.2 Å². The lowest BCUT2D eigenvalue weighted by atomic mass is 10.1. The van der Waals surface area contributed by atoms with E-state index in [0.717, 1.165) is 34.0 Å². The van der Waals surface area contributed by atoms with Gasteiger partial charge in [-0.15, -0.1) is 11.3 Å². The van der Waals surface area contributed by atoms with E-state index >= 15 is 0 Å². The molecule has 1 saturated carbocycles. The van der Waals surface area contributed by atoms with E-state index in [9.17, 15) is 18.0 Å². The van der Waals surface area contributed by atoms with Gasteiger partial charge < -0.3 is 5.32 Å². The molecule has 1 aliphatic rings. The van der Waals surface area contributed by atoms with Crippen molar-refractivity contribution in [3.8, 4) is 10.6 Å². The quantitative estimate of drug-likeness (QED) is 0.633. The maximum absolute atomic E-state index is 12.6. The average Bonchev–Trinajstić information content (AvgIpc) is 3.36. The summed E-state index contributed by atoms with van der Waals surface area (Å²) in [4.78, 5) is 16.9. The number of nitrogens with one attached hydrogen (secondary N) is 1. The first-order valence-corrected chi connectivity index (χ1v) is 9.74. The standard InChI is InChI=1S/C21H17F3N2OS/c22-21(23,24)15-8-6-13(7-9-15)17-10-18(17)19(27)25-11-16-12-28-20(26-16)14-4-2-1-3-5-14/h1-9,12,17-18H,10-11H2,(H,25,27). The zero-order valence-electron chi connectivity index (χ0n) is 14.7. The van der Waals surface area contributed by atoms with Crippen molar-refractivity contribution in [1.82, 2.24) is 10.3 Å². The van der Waals surface area contributed by atoms with Gasteiger partial charge >= 0.3 is 6.18 Å². The van der Waals surface area contributed by atoms with Gasteiger partial charge in [0, 0.05) is 16.9 Å². The SMILES string of the molecule is O=C(NCc1csc(-c2ccccc2)n1)C1CC1c1ccc(C(F)(F)F)cc1. The molecule has 28 heavy (non-hydrogen) atoms. The Labute approximate surface area is 164 Å². The Morgan fingerprint density at radius 1 is 1.11 bits per heavy atom. The number of alkyl halides is 3. The molecule has 3 aromatic rings. The highest BCUT2D eigenvalue weighted by molar-refractivity contribution is 7.13. The largest absolute Gasteiger partial charge is 0.416 e. The lowest BCUT2D eigenvalue weighted by Crippen LogP contribution is -2.25. The second-order valence-corrected chi connectivity index (χ2v) is 7.65. The topological polar surface area (TPSA) is 42.0 Å². The predicted octanol–water partition coefficient (Wildman–Crippen LogP) is 5.25. The lowest BCUT2D eigenvalue weighted by molar-refractivity contribution is -0.137. The van der Waals surface area contributed by atoms with Gasteiger partial charge in [0.2, 0.25) is 5.91 Å². The number of amides is 1. The number of halogens is 3. The maximum atomic E-state index is 12.6. The van der Waals surface area contributed by atoms with E-state index in [-0.39, 0.29) is 17.7 Å². The Bertz CT molecular complexity index is 967. The van der Waals surface area contributed by atoms with Crippen LogP contribution in [0.3, 0.4) is 0 Å². The van der Waals surface area contributed by atoms with Crippen molar-refractivity contribution in [2.45, 2.75) is 25.1 Å². The van der Waals surface area contributed by atoms with Crippen molar-refractivity contribution in [2.24, 2.45) is 5.92 Å². The molecule has 3 nitrogen and oxygen atoms in total. The summed E-state index contributed by atoms with van der Waals surface area (Å²) in [5, 5.41) is 5.71. The molecule has 2 atom stereocenters. The van der Waals surface area contributed by atoms with Crippen LogP contribution < -0.4 is 5.32 Å². The minimum Gasteiger partial charge on any atom is -0.350 e. The van der Waals surface area contributed by atoms with Crippen LogP contribution in [0.1, 0.15) is 29.2 Å². The number of carbonyl (C=O) groups excluding carboxylic acids is 1. The average molecular weight is 402 g/mol. The Balaban J connectivity index is 1.32. The van der Waals surface area contributed by atoms with Crippen LogP contribution in [-0.4, -0.2) is 10.9 Å². The number of benzene rings is 2. The minimum atomic E-state index is -4.34. The van der Waals surface area contributed by atoms with Gasteiger partial charge in [0.05, 0.1) is 17.8 Å². The number of rotatable bonds is 5. The van der Waals surface area contributed by atoms with E-state index in [2.05, 4.69) is 10.3 Å². The number of carbonyl (C=O) groups is 1. The van der Waals surface area contributed by atoms with Gasteiger partial charge in [-0.2, -0.15) is 13.2 Å². The Kier molecular flexibility index (Phi) is 4.93. The normalized spacial score (nSPS) is 18.7. The third-order valence-corrected chi connectivity index (χ3v) is 5.75. The first-order valence-electron chi connectivity index (χ1n) is 8.86. The Hall–Kier alpha value is -2.67. The molecule has 144 valence electrons. The van der Waals surface area contributed by atoms with Crippen molar-refractivity contribution < 1.29 is 18.0 Å². The molecular weight excluding hydrogens is 385 g/mol. The van der Waals surface area contributed by atoms with Crippen LogP contribution in [0.25, 0.3) is 10.6 Å². The van der Waals surface area contributed by atoms with Gasteiger partial charge in [0.25, 0.3) is 0 Å². The van der Waals surface area contributed by atoms with Crippen LogP contribution in [0.2, 0.25) is 0 Å². The molecule has 7 heteroatoms. The zero-order chi connectivity index (χ0) is 19.7. The van der Waals surface area contributed by atoms with Crippen molar-refractivity contribution in [3.63, 3.8) is 0 Å². The molecule has 1 heterocycles. The maximum Gasteiger partial charge on any atom is 0.416 e. The van der Waals surface area contributed by atoms with Gasteiger partial charge in [0.15, 0.2) is 0 Å². The molecule has 1 aromatic heterocycles. The smallest absolute Gasteiger partial charge is 0.350 e. The van der Waals surface area contributed by atoms with E-state index in [1.807, 2.05) is 35.7 Å². The summed E-state index contributed by atoms with van der Waals surface area (Å²) in [6, 6.07) is 14.9. The fourth-order valence-corrected chi connectivity index (χ4v) is 4.01. The summed E-state index contributed by atoms with van der Waals surface area (Å²) in [5.74, 6) is -0.291. The highest BCUT2D eigenvalue weighted by Crippen LogP contribution is 2.48. The van der Waals surface area contributed by atoms with E-state index in [1.165, 1.54) is 23.5 Å². The molecular formula is C21H17F3N2OS. The Morgan fingerprint density at radius 3 is 2.50 bits per heavy atom. The summed E-state index contributed by atoms with van der Waals surface area (Å²) < 4.78 is 37.9. The number of thiazole rings is 1. The monoisotopic (exact) mass is 402 g/mol. The Morgan fingerprint density at radius 2 is 1.82 bits per heavy atom. The van der Waals surface area contributed by atoms with Crippen LogP contribution >= 0.6 is 11.3 Å². The number of hydrogen-bond acceptors (Lipinski definition) is 3. The van der Waals surface area contributed by atoms with Crippen LogP contribution in [0.5, 0.6) is 0 Å². The first kappa shape index (κ1) is 18.7. The van der Waals surface area contributed by atoms with E-state index in [0.29, 0.717) is 13.0 Å². The van der Waals surface area contributed by atoms with Crippen molar-refractivity contribution >= 4 is 17.2 Å². The van der Waals surface area contributed by atoms with E-state index in [4.69, 9.17) is 0 Å². The van der Waals surface area contributed by atoms with Crippen molar-refractivity contribution in [1.29, 1.82) is 0 Å². The van der Waals surface area contributed by atoms with Crippen LogP contribution in [0.15, 0.2) is 60.0 Å². The summed E-state index contributed by atoms with van der Waals surface area (Å²) in [5.41, 5.74) is 1.93. The minimum absolute atomic E-state index is 0.0161. The van der Waals surface area contributed by atoms with Crippen LogP contribution in [0, 0.1) is 5.92 Å². The van der Waals surface area contributed by atoms with E-state index < -0.39 is 11.7 Å². The summed E-state index contributed by atoms with van der Waals surface area (Å²) in [6.07, 6.45) is -3.69. The molecule has 0 spiro atoms. The summed E-state index contributed by atoms with van der Waals surface area (Å²) >= 11 is 1.52. The second kappa shape index (κ2) is 7.39. The van der Waals surface area contributed by atoms with Gasteiger partial charge in [-0.25, -0.2) is 4.98 Å². The van der Waals surface area contributed by atoms with Gasteiger partial charge in [-0.3, -0.25) is 4.79 Å². The fraction of sp³-hybridized carbons (Fsp3) is 0.238. The molecule has 1 fully saturated rings. The van der Waals surface area contributed by atoms with Gasteiger partial charge in [0.1, 0.15) is 5.01 Å². The molecule has 1 amide bonds. The fourth-order valence-electron chi connectivity index (χ4n) is 3.18. The predicted molar refractivity (Wildman–Crippen MR) is 102 cm³/mol. The third-order valence-electron chi connectivity index (χ3n) is 4.81. The number of hydrogen-bond donors (Lipinski definition) is 1. The van der Waals surface area contributed by atoms with Crippen LogP contribution in [-0.2, 0) is 17.5 Å². The molecule has 1 aliphatic carbocycles. The van der Waals surface area contributed by atoms with Gasteiger partial charge in [-0.1, -0.05) is 42.5 Å². The number of aromatic nitrogens is 1. The lowest BCUT2D eigenvalue weighted by Gasteiger charge is -2.07. The molecule has 0 radical (unpaired) electrons. The van der Waals surface area contributed by atoms with Crippen molar-refractivity contribution in [2.75, 3.05) is 0 Å².